The van der Waals surface area contributed by atoms with Gasteiger partial charge in [0.1, 0.15) is 5.03 Å². The molecule has 0 spiro atoms. The maximum atomic E-state index is 4.72. The van der Waals surface area contributed by atoms with Gasteiger partial charge in [-0.05, 0) is 13.0 Å². The number of fused-ring (bicyclic) bond motifs is 1. The van der Waals surface area contributed by atoms with Crippen molar-refractivity contribution in [3.05, 3.63) is 29.7 Å². The van der Waals surface area contributed by atoms with Gasteiger partial charge >= 0.3 is 0 Å². The minimum Gasteiger partial charge on any atom is -0.311 e. The quantitative estimate of drug-likeness (QED) is 0.711. The standard InChI is InChI=1S/C13H17N5S2/c1-3-4-14-8-11-12(16-13-18(11)5-6-19-13)20-10-7-15-17(2)9-10/h5-7,9,14H,3-4,8H2,1-2H3. The van der Waals surface area contributed by atoms with E-state index in [4.69, 9.17) is 4.98 Å². The van der Waals surface area contributed by atoms with Crippen molar-refractivity contribution in [1.82, 2.24) is 24.5 Å². The molecule has 7 heteroatoms. The summed E-state index contributed by atoms with van der Waals surface area (Å²) in [6, 6.07) is 0. The number of imidazole rings is 1. The van der Waals surface area contributed by atoms with E-state index in [1.807, 2.05) is 24.1 Å². The van der Waals surface area contributed by atoms with Gasteiger partial charge in [0, 0.05) is 31.4 Å². The first-order valence-electron chi connectivity index (χ1n) is 6.59. The summed E-state index contributed by atoms with van der Waals surface area (Å²) in [6.07, 6.45) is 7.11. The normalized spacial score (nSPS) is 11.5. The maximum absolute atomic E-state index is 4.72. The number of aryl methyl sites for hydroxylation is 1. The summed E-state index contributed by atoms with van der Waals surface area (Å²) in [6.45, 7) is 4.04. The van der Waals surface area contributed by atoms with Crippen molar-refractivity contribution in [2.45, 2.75) is 29.8 Å². The SMILES string of the molecule is CCCNCc1c(Sc2cnn(C)c2)nc2sccn12. The molecule has 0 aliphatic heterocycles. The van der Waals surface area contributed by atoms with E-state index < -0.39 is 0 Å². The Labute approximate surface area is 126 Å². The molecule has 20 heavy (non-hydrogen) atoms. The van der Waals surface area contributed by atoms with Crippen molar-refractivity contribution in [1.29, 1.82) is 0 Å². The Morgan fingerprint density at radius 2 is 2.35 bits per heavy atom. The van der Waals surface area contributed by atoms with Crippen molar-refractivity contribution in [3.63, 3.8) is 0 Å². The molecular formula is C13H17N5S2. The van der Waals surface area contributed by atoms with Crippen LogP contribution in [-0.4, -0.2) is 25.7 Å². The molecule has 3 aromatic heterocycles. The zero-order valence-electron chi connectivity index (χ0n) is 11.5. The molecule has 5 nitrogen and oxygen atoms in total. The van der Waals surface area contributed by atoms with Crippen LogP contribution in [0.5, 0.6) is 0 Å². The molecule has 0 bridgehead atoms. The largest absolute Gasteiger partial charge is 0.311 e. The maximum Gasteiger partial charge on any atom is 0.194 e. The van der Waals surface area contributed by atoms with Crippen LogP contribution < -0.4 is 5.32 Å². The van der Waals surface area contributed by atoms with Crippen LogP contribution in [0.4, 0.5) is 0 Å². The second-order valence-corrected chi connectivity index (χ2v) is 6.48. The van der Waals surface area contributed by atoms with E-state index in [9.17, 15) is 0 Å². The summed E-state index contributed by atoms with van der Waals surface area (Å²) >= 11 is 3.34. The molecule has 0 radical (unpaired) electrons. The monoisotopic (exact) mass is 307 g/mol. The molecule has 0 unspecified atom stereocenters. The number of hydrogen-bond donors (Lipinski definition) is 1. The highest BCUT2D eigenvalue weighted by Gasteiger charge is 2.14. The molecule has 106 valence electrons. The molecular weight excluding hydrogens is 290 g/mol. The van der Waals surface area contributed by atoms with Gasteiger partial charge in [-0.1, -0.05) is 18.7 Å². The number of nitrogens with zero attached hydrogens (tertiary/aromatic N) is 4. The van der Waals surface area contributed by atoms with Crippen LogP contribution in [0.15, 0.2) is 33.9 Å². The summed E-state index contributed by atoms with van der Waals surface area (Å²) in [5, 5.41) is 10.8. The third-order valence-electron chi connectivity index (χ3n) is 2.94. The molecule has 0 fully saturated rings. The summed E-state index contributed by atoms with van der Waals surface area (Å²) in [7, 11) is 1.93. The van der Waals surface area contributed by atoms with Gasteiger partial charge in [-0.3, -0.25) is 9.08 Å². The minimum absolute atomic E-state index is 0.842. The lowest BCUT2D eigenvalue weighted by atomic mass is 10.4. The third-order valence-corrected chi connectivity index (χ3v) is 4.66. The minimum atomic E-state index is 0.842. The van der Waals surface area contributed by atoms with Crippen molar-refractivity contribution in [2.24, 2.45) is 7.05 Å². The van der Waals surface area contributed by atoms with E-state index in [0.29, 0.717) is 0 Å². The zero-order chi connectivity index (χ0) is 13.9. The van der Waals surface area contributed by atoms with Crippen molar-refractivity contribution < 1.29 is 0 Å². The fourth-order valence-electron chi connectivity index (χ4n) is 2.00. The Bertz CT molecular complexity index is 697. The second kappa shape index (κ2) is 5.99. The van der Waals surface area contributed by atoms with Crippen molar-refractivity contribution >= 4 is 28.1 Å². The van der Waals surface area contributed by atoms with Gasteiger partial charge in [-0.15, -0.1) is 11.3 Å². The first-order chi connectivity index (χ1) is 9.78. The van der Waals surface area contributed by atoms with Crippen LogP contribution in [0.25, 0.3) is 4.96 Å². The Morgan fingerprint density at radius 3 is 3.10 bits per heavy atom. The van der Waals surface area contributed by atoms with Crippen molar-refractivity contribution in [3.8, 4) is 0 Å². The topological polar surface area (TPSA) is 47.2 Å². The fraction of sp³-hybridized carbons (Fsp3) is 0.385. The number of aromatic nitrogens is 4. The van der Waals surface area contributed by atoms with Gasteiger partial charge in [0.05, 0.1) is 16.8 Å². The highest BCUT2D eigenvalue weighted by atomic mass is 32.2. The van der Waals surface area contributed by atoms with E-state index in [1.165, 1.54) is 5.69 Å². The lowest BCUT2D eigenvalue weighted by Gasteiger charge is -2.04. The van der Waals surface area contributed by atoms with Gasteiger partial charge in [0.15, 0.2) is 4.96 Å². The Morgan fingerprint density at radius 1 is 1.45 bits per heavy atom. The summed E-state index contributed by atoms with van der Waals surface area (Å²) < 4.78 is 3.99. The Kier molecular flexibility index (Phi) is 4.09. The Hall–Kier alpha value is -1.31. The average Bonchev–Trinajstić information content (AvgIpc) is 3.09. The molecule has 1 N–H and O–H groups in total. The van der Waals surface area contributed by atoms with Crippen LogP contribution in [0.3, 0.4) is 0 Å². The van der Waals surface area contributed by atoms with Crippen LogP contribution >= 0.6 is 23.1 Å². The van der Waals surface area contributed by atoms with Gasteiger partial charge in [-0.2, -0.15) is 5.10 Å². The van der Waals surface area contributed by atoms with Crippen LogP contribution in [0, 0.1) is 0 Å². The average molecular weight is 307 g/mol. The molecule has 0 aliphatic rings. The van der Waals surface area contributed by atoms with Gasteiger partial charge in [-0.25, -0.2) is 4.98 Å². The second-order valence-electron chi connectivity index (χ2n) is 4.55. The fourth-order valence-corrected chi connectivity index (χ4v) is 3.74. The van der Waals surface area contributed by atoms with Crippen LogP contribution in [0.2, 0.25) is 0 Å². The predicted octanol–water partition coefficient (Wildman–Crippen LogP) is 2.78. The number of thiazole rings is 1. The summed E-state index contributed by atoms with van der Waals surface area (Å²) in [5.41, 5.74) is 1.23. The molecule has 0 saturated heterocycles. The van der Waals surface area contributed by atoms with Gasteiger partial charge < -0.3 is 5.32 Å². The highest BCUT2D eigenvalue weighted by Crippen LogP contribution is 2.31. The first kappa shape index (κ1) is 13.7. The molecule has 0 aliphatic carbocycles. The lowest BCUT2D eigenvalue weighted by Crippen LogP contribution is -2.15. The number of hydrogen-bond acceptors (Lipinski definition) is 5. The zero-order valence-corrected chi connectivity index (χ0v) is 13.2. The van der Waals surface area contributed by atoms with Crippen LogP contribution in [-0.2, 0) is 13.6 Å². The number of rotatable bonds is 6. The molecule has 0 atom stereocenters. The molecule has 3 heterocycles. The van der Waals surface area contributed by atoms with E-state index >= 15 is 0 Å². The van der Waals surface area contributed by atoms with E-state index in [0.717, 1.165) is 34.4 Å². The summed E-state index contributed by atoms with van der Waals surface area (Å²) in [5.74, 6) is 0. The lowest BCUT2D eigenvalue weighted by molar-refractivity contribution is 0.653. The smallest absolute Gasteiger partial charge is 0.194 e. The predicted molar refractivity (Wildman–Crippen MR) is 82.4 cm³/mol. The third kappa shape index (κ3) is 2.74. The van der Waals surface area contributed by atoms with Crippen LogP contribution in [0.1, 0.15) is 19.0 Å². The van der Waals surface area contributed by atoms with Crippen molar-refractivity contribution in [2.75, 3.05) is 6.54 Å². The molecule has 3 rings (SSSR count). The van der Waals surface area contributed by atoms with E-state index in [-0.39, 0.29) is 0 Å². The molecule has 0 aromatic carbocycles. The molecule has 0 saturated carbocycles. The highest BCUT2D eigenvalue weighted by molar-refractivity contribution is 7.99. The van der Waals surface area contributed by atoms with Gasteiger partial charge in [0.2, 0.25) is 0 Å². The number of nitrogens with one attached hydrogen (secondary N) is 1. The first-order valence-corrected chi connectivity index (χ1v) is 8.29. The van der Waals surface area contributed by atoms with E-state index in [1.54, 1.807) is 23.1 Å². The van der Waals surface area contributed by atoms with Gasteiger partial charge in [0.25, 0.3) is 0 Å². The van der Waals surface area contributed by atoms with E-state index in [2.05, 4.69) is 33.3 Å². The molecule has 3 aromatic rings. The Balaban J connectivity index is 1.88. The molecule has 0 amide bonds. The summed E-state index contributed by atoms with van der Waals surface area (Å²) in [4.78, 5) is 6.89.